The van der Waals surface area contributed by atoms with Crippen molar-refractivity contribution in [1.29, 1.82) is 0 Å². The molecule has 1 aromatic rings. The van der Waals surface area contributed by atoms with Crippen LogP contribution in [0.3, 0.4) is 0 Å². The monoisotopic (exact) mass is 331 g/mol. The van der Waals surface area contributed by atoms with E-state index >= 15 is 0 Å². The van der Waals surface area contributed by atoms with E-state index in [-0.39, 0.29) is 11.8 Å². The van der Waals surface area contributed by atoms with Crippen LogP contribution in [0, 0.1) is 0 Å². The third-order valence-corrected chi connectivity index (χ3v) is 4.21. The molecule has 3 amide bonds. The van der Waals surface area contributed by atoms with Crippen LogP contribution in [0.5, 0.6) is 0 Å². The summed E-state index contributed by atoms with van der Waals surface area (Å²) in [6, 6.07) is 6.75. The van der Waals surface area contributed by atoms with Crippen molar-refractivity contribution < 1.29 is 14.4 Å². The van der Waals surface area contributed by atoms with Gasteiger partial charge in [0, 0.05) is 43.9 Å². The van der Waals surface area contributed by atoms with E-state index in [1.165, 1.54) is 0 Å². The van der Waals surface area contributed by atoms with E-state index in [9.17, 15) is 14.4 Å². The predicted molar refractivity (Wildman–Crippen MR) is 91.8 cm³/mol. The second-order valence-corrected chi connectivity index (χ2v) is 5.97. The van der Waals surface area contributed by atoms with Gasteiger partial charge in [0.2, 0.25) is 6.41 Å². The molecule has 0 atom stereocenters. The molecule has 0 bridgehead atoms. The Labute approximate surface area is 142 Å². The van der Waals surface area contributed by atoms with Gasteiger partial charge in [-0.05, 0) is 30.7 Å². The standard InChI is InChI=1S/C18H25N3O3/c1-2-3-4-9-19-17(23)15-5-7-16(8-6-15)18(24)21-12-10-20(14-22)11-13-21/h5-8,14H,2-4,9-13H2,1H3,(H,19,23). The fraction of sp³-hybridized carbons (Fsp3) is 0.500. The van der Waals surface area contributed by atoms with Crippen LogP contribution in [0.2, 0.25) is 0 Å². The summed E-state index contributed by atoms with van der Waals surface area (Å²) < 4.78 is 0. The summed E-state index contributed by atoms with van der Waals surface area (Å²) in [6.07, 6.45) is 4.01. The van der Waals surface area contributed by atoms with Crippen molar-refractivity contribution in [2.24, 2.45) is 0 Å². The molecular formula is C18H25N3O3. The van der Waals surface area contributed by atoms with E-state index in [1.807, 2.05) is 0 Å². The van der Waals surface area contributed by atoms with Gasteiger partial charge in [-0.15, -0.1) is 0 Å². The number of nitrogens with zero attached hydrogens (tertiary/aromatic N) is 2. The molecule has 1 saturated heterocycles. The lowest BCUT2D eigenvalue weighted by molar-refractivity contribution is -0.119. The third-order valence-electron chi connectivity index (χ3n) is 4.21. The highest BCUT2D eigenvalue weighted by Crippen LogP contribution is 2.10. The van der Waals surface area contributed by atoms with Gasteiger partial charge in [-0.2, -0.15) is 0 Å². The van der Waals surface area contributed by atoms with Gasteiger partial charge in [-0.25, -0.2) is 0 Å². The van der Waals surface area contributed by atoms with Crippen LogP contribution in [0.1, 0.15) is 46.9 Å². The quantitative estimate of drug-likeness (QED) is 0.608. The fourth-order valence-corrected chi connectivity index (χ4v) is 2.66. The second-order valence-electron chi connectivity index (χ2n) is 5.97. The van der Waals surface area contributed by atoms with Gasteiger partial charge in [0.25, 0.3) is 11.8 Å². The van der Waals surface area contributed by atoms with Crippen molar-refractivity contribution in [3.8, 4) is 0 Å². The Morgan fingerprint density at radius 2 is 1.67 bits per heavy atom. The normalized spacial score (nSPS) is 14.4. The minimum atomic E-state index is -0.107. The predicted octanol–water partition coefficient (Wildman–Crippen LogP) is 1.52. The Morgan fingerprint density at radius 1 is 1.04 bits per heavy atom. The number of hydrogen-bond donors (Lipinski definition) is 1. The number of hydrogen-bond acceptors (Lipinski definition) is 3. The van der Waals surface area contributed by atoms with Crippen molar-refractivity contribution in [2.45, 2.75) is 26.2 Å². The maximum absolute atomic E-state index is 12.4. The molecule has 0 aromatic heterocycles. The lowest BCUT2D eigenvalue weighted by Crippen LogP contribution is -2.48. The zero-order chi connectivity index (χ0) is 17.4. The average molecular weight is 331 g/mol. The van der Waals surface area contributed by atoms with Crippen LogP contribution < -0.4 is 5.32 Å². The van der Waals surface area contributed by atoms with E-state index in [1.54, 1.807) is 34.1 Å². The molecular weight excluding hydrogens is 306 g/mol. The van der Waals surface area contributed by atoms with Crippen LogP contribution in [-0.2, 0) is 4.79 Å². The van der Waals surface area contributed by atoms with E-state index in [4.69, 9.17) is 0 Å². The largest absolute Gasteiger partial charge is 0.352 e. The number of unbranched alkanes of at least 4 members (excludes halogenated alkanes) is 2. The highest BCUT2D eigenvalue weighted by Gasteiger charge is 2.21. The lowest BCUT2D eigenvalue weighted by Gasteiger charge is -2.32. The van der Waals surface area contributed by atoms with E-state index in [0.29, 0.717) is 43.9 Å². The molecule has 24 heavy (non-hydrogen) atoms. The molecule has 130 valence electrons. The smallest absolute Gasteiger partial charge is 0.253 e. The molecule has 1 aliphatic rings. The molecule has 1 heterocycles. The molecule has 1 N–H and O–H groups in total. The Bertz CT molecular complexity index is 563. The molecule has 0 unspecified atom stereocenters. The van der Waals surface area contributed by atoms with Gasteiger partial charge in [-0.3, -0.25) is 14.4 Å². The topological polar surface area (TPSA) is 69.7 Å². The van der Waals surface area contributed by atoms with Gasteiger partial charge in [0.1, 0.15) is 0 Å². The number of nitrogens with one attached hydrogen (secondary N) is 1. The van der Waals surface area contributed by atoms with Crippen LogP contribution in [0.4, 0.5) is 0 Å². The minimum Gasteiger partial charge on any atom is -0.352 e. The third kappa shape index (κ3) is 4.81. The van der Waals surface area contributed by atoms with Gasteiger partial charge >= 0.3 is 0 Å². The molecule has 0 saturated carbocycles. The van der Waals surface area contributed by atoms with Crippen molar-refractivity contribution in [2.75, 3.05) is 32.7 Å². The summed E-state index contributed by atoms with van der Waals surface area (Å²) >= 11 is 0. The summed E-state index contributed by atoms with van der Waals surface area (Å²) in [7, 11) is 0. The first-order valence-electron chi connectivity index (χ1n) is 8.52. The molecule has 1 aliphatic heterocycles. The molecule has 0 spiro atoms. The number of rotatable bonds is 7. The first-order chi connectivity index (χ1) is 11.7. The van der Waals surface area contributed by atoms with E-state index < -0.39 is 0 Å². The molecule has 1 fully saturated rings. The molecule has 6 heteroatoms. The van der Waals surface area contributed by atoms with Gasteiger partial charge in [0.15, 0.2) is 0 Å². The summed E-state index contributed by atoms with van der Waals surface area (Å²) in [4.78, 5) is 38.6. The maximum atomic E-state index is 12.4. The average Bonchev–Trinajstić information content (AvgIpc) is 2.64. The van der Waals surface area contributed by atoms with Crippen molar-refractivity contribution >= 4 is 18.2 Å². The van der Waals surface area contributed by atoms with Gasteiger partial charge in [-0.1, -0.05) is 19.8 Å². The fourth-order valence-electron chi connectivity index (χ4n) is 2.66. The van der Waals surface area contributed by atoms with Gasteiger partial charge < -0.3 is 15.1 Å². The summed E-state index contributed by atoms with van der Waals surface area (Å²) in [5, 5.41) is 2.88. The number of carbonyl (C=O) groups excluding carboxylic acids is 3. The molecule has 0 aliphatic carbocycles. The summed E-state index contributed by atoms with van der Waals surface area (Å²) in [6.45, 7) is 5.00. The van der Waals surface area contributed by atoms with Crippen LogP contribution in [0.25, 0.3) is 0 Å². The SMILES string of the molecule is CCCCCNC(=O)c1ccc(C(=O)N2CCN(C=O)CC2)cc1. The van der Waals surface area contributed by atoms with E-state index in [0.717, 1.165) is 25.7 Å². The first-order valence-corrected chi connectivity index (χ1v) is 8.52. The Balaban J connectivity index is 1.88. The zero-order valence-electron chi connectivity index (χ0n) is 14.2. The zero-order valence-corrected chi connectivity index (χ0v) is 14.2. The summed E-state index contributed by atoms with van der Waals surface area (Å²) in [5.41, 5.74) is 1.13. The number of carbonyl (C=O) groups is 3. The number of amides is 3. The van der Waals surface area contributed by atoms with Gasteiger partial charge in [0.05, 0.1) is 0 Å². The highest BCUT2D eigenvalue weighted by atomic mass is 16.2. The van der Waals surface area contributed by atoms with Crippen LogP contribution in [0.15, 0.2) is 24.3 Å². The molecule has 1 aromatic carbocycles. The highest BCUT2D eigenvalue weighted by molar-refractivity contribution is 5.97. The maximum Gasteiger partial charge on any atom is 0.253 e. The first kappa shape index (κ1) is 18.0. The lowest BCUT2D eigenvalue weighted by atomic mass is 10.1. The van der Waals surface area contributed by atoms with E-state index in [2.05, 4.69) is 12.2 Å². The Hall–Kier alpha value is -2.37. The molecule has 2 rings (SSSR count). The van der Waals surface area contributed by atoms with Crippen molar-refractivity contribution in [3.63, 3.8) is 0 Å². The number of benzene rings is 1. The Morgan fingerprint density at radius 3 is 2.25 bits per heavy atom. The second kappa shape index (κ2) is 9.05. The van der Waals surface area contributed by atoms with Crippen LogP contribution in [-0.4, -0.2) is 60.7 Å². The minimum absolute atomic E-state index is 0.0598. The Kier molecular flexibility index (Phi) is 6.78. The molecule has 0 radical (unpaired) electrons. The number of piperazine rings is 1. The van der Waals surface area contributed by atoms with Crippen molar-refractivity contribution in [3.05, 3.63) is 35.4 Å². The summed E-state index contributed by atoms with van der Waals surface area (Å²) in [5.74, 6) is -0.167. The van der Waals surface area contributed by atoms with Crippen molar-refractivity contribution in [1.82, 2.24) is 15.1 Å². The van der Waals surface area contributed by atoms with Crippen LogP contribution >= 0.6 is 0 Å². The molecule has 6 nitrogen and oxygen atoms in total.